The zero-order valence-corrected chi connectivity index (χ0v) is 14.1. The summed E-state index contributed by atoms with van der Waals surface area (Å²) in [7, 11) is -1.41. The normalized spacial score (nSPS) is 30.6. The molecule has 0 aromatic heterocycles. The van der Waals surface area contributed by atoms with Crippen LogP contribution in [0.1, 0.15) is 41.0 Å². The van der Waals surface area contributed by atoms with Crippen LogP contribution in [0.3, 0.4) is 0 Å². The van der Waals surface area contributed by atoms with Crippen LogP contribution in [0, 0.1) is 28.7 Å². The first kappa shape index (κ1) is 16.2. The zero-order valence-electron chi connectivity index (χ0n) is 13.1. The molecule has 0 aliphatic heterocycles. The second-order valence-corrected chi connectivity index (χ2v) is 11.2. The van der Waals surface area contributed by atoms with Gasteiger partial charge in [-0.05, 0) is 37.4 Å². The van der Waals surface area contributed by atoms with Crippen LogP contribution in [0.5, 0.6) is 0 Å². The highest BCUT2D eigenvalue weighted by atomic mass is 28.3. The third-order valence-electron chi connectivity index (χ3n) is 4.92. The van der Waals surface area contributed by atoms with Crippen LogP contribution in [0.25, 0.3) is 0 Å². The van der Waals surface area contributed by atoms with Crippen molar-refractivity contribution in [3.05, 3.63) is 12.2 Å². The summed E-state index contributed by atoms with van der Waals surface area (Å²) in [6.07, 6.45) is 6.29. The van der Waals surface area contributed by atoms with Gasteiger partial charge in [-0.15, -0.1) is 11.5 Å². The summed E-state index contributed by atoms with van der Waals surface area (Å²) in [6.45, 7) is 11.2. The van der Waals surface area contributed by atoms with Crippen LogP contribution in [-0.4, -0.2) is 14.4 Å². The van der Waals surface area contributed by atoms with Crippen molar-refractivity contribution >= 4 is 14.4 Å². The molecule has 0 saturated carbocycles. The summed E-state index contributed by atoms with van der Waals surface area (Å²) < 4.78 is 0. The molecule has 19 heavy (non-hydrogen) atoms. The van der Waals surface area contributed by atoms with Crippen molar-refractivity contribution in [1.82, 2.24) is 0 Å². The molecule has 0 unspecified atom stereocenters. The van der Waals surface area contributed by atoms with E-state index in [4.69, 9.17) is 0 Å². The smallest absolute Gasteiger partial charge is 0.137 e. The highest BCUT2D eigenvalue weighted by molar-refractivity contribution is 6.87. The number of aldehydes is 1. The minimum atomic E-state index is -1.41. The predicted octanol–water partition coefficient (Wildman–Crippen LogP) is 4.45. The monoisotopic (exact) mass is 276 g/mol. The maximum atomic E-state index is 11.3. The van der Waals surface area contributed by atoms with Gasteiger partial charge in [0, 0.05) is 11.3 Å². The molecule has 0 spiro atoms. The van der Waals surface area contributed by atoms with Gasteiger partial charge >= 0.3 is 0 Å². The van der Waals surface area contributed by atoms with E-state index in [2.05, 4.69) is 58.2 Å². The Balaban J connectivity index is 3.07. The van der Waals surface area contributed by atoms with E-state index in [-0.39, 0.29) is 11.3 Å². The molecule has 1 aliphatic carbocycles. The van der Waals surface area contributed by atoms with Gasteiger partial charge in [-0.25, -0.2) is 0 Å². The molecule has 106 valence electrons. The summed E-state index contributed by atoms with van der Waals surface area (Å²) in [5.41, 5.74) is 3.51. The fourth-order valence-corrected chi connectivity index (χ4v) is 5.60. The molecule has 0 radical (unpaired) electrons. The number of carbonyl (C=O) groups is 1. The second kappa shape index (κ2) is 6.57. The third kappa shape index (κ3) is 3.60. The SMILES string of the molecule is CC[Si](C#C[C@]1(C)C[C@H](C)C=C[C@@H]1C=O)(CC)CC. The lowest BCUT2D eigenvalue weighted by atomic mass is 9.69. The minimum Gasteiger partial charge on any atom is -0.303 e. The van der Waals surface area contributed by atoms with Crippen molar-refractivity contribution in [3.8, 4) is 11.5 Å². The number of rotatable bonds is 4. The van der Waals surface area contributed by atoms with E-state index in [0.29, 0.717) is 5.92 Å². The summed E-state index contributed by atoms with van der Waals surface area (Å²) in [5.74, 6) is 4.04. The molecular weight excluding hydrogens is 248 g/mol. The largest absolute Gasteiger partial charge is 0.303 e. The molecular formula is C17H28OSi. The van der Waals surface area contributed by atoms with Crippen LogP contribution in [0.15, 0.2) is 12.2 Å². The molecule has 0 N–H and O–H groups in total. The average Bonchev–Trinajstić information content (AvgIpc) is 2.41. The lowest BCUT2D eigenvalue weighted by molar-refractivity contribution is -0.112. The number of carbonyl (C=O) groups excluding carboxylic acids is 1. The standard InChI is InChI=1S/C17H28OSi/c1-6-19(7-2,8-3)12-11-17(5)13-15(4)9-10-16(17)14-18/h9-10,14-16H,6-8,13H2,1-5H3/t15-,16-,17-/m1/s1. The quantitative estimate of drug-likeness (QED) is 0.321. The van der Waals surface area contributed by atoms with E-state index in [1.54, 1.807) is 0 Å². The Morgan fingerprint density at radius 1 is 1.26 bits per heavy atom. The van der Waals surface area contributed by atoms with Crippen LogP contribution in [0.4, 0.5) is 0 Å². The molecule has 1 rings (SSSR count). The maximum Gasteiger partial charge on any atom is 0.137 e. The van der Waals surface area contributed by atoms with Gasteiger partial charge in [-0.1, -0.05) is 39.8 Å². The first-order valence-electron chi connectivity index (χ1n) is 7.63. The Morgan fingerprint density at radius 3 is 2.32 bits per heavy atom. The fraction of sp³-hybridized carbons (Fsp3) is 0.706. The lowest BCUT2D eigenvalue weighted by Crippen LogP contribution is -2.34. The Bertz CT molecular complexity index is 389. The van der Waals surface area contributed by atoms with Gasteiger partial charge in [0.25, 0.3) is 0 Å². The molecule has 0 fully saturated rings. The van der Waals surface area contributed by atoms with Gasteiger partial charge in [0.05, 0.1) is 0 Å². The fourth-order valence-electron chi connectivity index (χ4n) is 3.02. The summed E-state index contributed by atoms with van der Waals surface area (Å²) in [4.78, 5) is 11.3. The Labute approximate surface area is 119 Å². The molecule has 0 aromatic carbocycles. The molecule has 0 amide bonds. The average molecular weight is 276 g/mol. The van der Waals surface area contributed by atoms with Gasteiger partial charge < -0.3 is 4.79 Å². The third-order valence-corrected chi connectivity index (χ3v) is 9.63. The van der Waals surface area contributed by atoms with E-state index in [9.17, 15) is 4.79 Å². The first-order valence-corrected chi connectivity index (χ1v) is 10.3. The maximum absolute atomic E-state index is 11.3. The summed E-state index contributed by atoms with van der Waals surface area (Å²) >= 11 is 0. The van der Waals surface area contributed by atoms with E-state index in [1.807, 2.05) is 0 Å². The Kier molecular flexibility index (Phi) is 5.61. The van der Waals surface area contributed by atoms with Crippen molar-refractivity contribution in [2.24, 2.45) is 17.3 Å². The van der Waals surface area contributed by atoms with Crippen LogP contribution >= 0.6 is 0 Å². The Morgan fingerprint density at radius 2 is 1.84 bits per heavy atom. The van der Waals surface area contributed by atoms with Crippen LogP contribution in [-0.2, 0) is 4.79 Å². The molecule has 1 nitrogen and oxygen atoms in total. The molecule has 0 aromatic rings. The number of hydrogen-bond acceptors (Lipinski definition) is 1. The number of hydrogen-bond donors (Lipinski definition) is 0. The topological polar surface area (TPSA) is 17.1 Å². The highest BCUT2D eigenvalue weighted by Crippen LogP contribution is 2.38. The van der Waals surface area contributed by atoms with Gasteiger partial charge in [-0.3, -0.25) is 0 Å². The van der Waals surface area contributed by atoms with Gasteiger partial charge in [-0.2, -0.15) is 0 Å². The lowest BCUT2D eigenvalue weighted by Gasteiger charge is -2.34. The van der Waals surface area contributed by atoms with E-state index in [1.165, 1.54) is 18.1 Å². The van der Waals surface area contributed by atoms with Crippen molar-refractivity contribution in [2.75, 3.05) is 0 Å². The highest BCUT2D eigenvalue weighted by Gasteiger charge is 2.35. The minimum absolute atomic E-state index is 0.0338. The summed E-state index contributed by atoms with van der Waals surface area (Å²) in [6, 6.07) is 3.67. The molecule has 1 aliphatic rings. The molecule has 0 bridgehead atoms. The van der Waals surface area contributed by atoms with Crippen molar-refractivity contribution in [2.45, 2.75) is 59.2 Å². The van der Waals surface area contributed by atoms with Crippen molar-refractivity contribution < 1.29 is 4.79 Å². The van der Waals surface area contributed by atoms with E-state index < -0.39 is 8.07 Å². The molecule has 3 atom stereocenters. The molecule has 0 saturated heterocycles. The van der Waals surface area contributed by atoms with Crippen LogP contribution in [0.2, 0.25) is 18.1 Å². The van der Waals surface area contributed by atoms with Crippen molar-refractivity contribution in [3.63, 3.8) is 0 Å². The van der Waals surface area contributed by atoms with Gasteiger partial charge in [0.2, 0.25) is 0 Å². The van der Waals surface area contributed by atoms with Crippen molar-refractivity contribution in [1.29, 1.82) is 0 Å². The molecule has 0 heterocycles. The first-order chi connectivity index (χ1) is 8.95. The molecule has 2 heteroatoms. The van der Waals surface area contributed by atoms with Crippen LogP contribution < -0.4 is 0 Å². The van der Waals surface area contributed by atoms with E-state index >= 15 is 0 Å². The zero-order chi connectivity index (χ0) is 14.5. The van der Waals surface area contributed by atoms with E-state index in [0.717, 1.165) is 12.7 Å². The van der Waals surface area contributed by atoms with Gasteiger partial charge in [0.15, 0.2) is 0 Å². The summed E-state index contributed by atoms with van der Waals surface area (Å²) in [5, 5.41) is 0. The Hall–Kier alpha value is -0.813. The van der Waals surface area contributed by atoms with Gasteiger partial charge in [0.1, 0.15) is 14.4 Å². The predicted molar refractivity (Wildman–Crippen MR) is 85.6 cm³/mol. The second-order valence-electron chi connectivity index (χ2n) is 6.24. The number of allylic oxidation sites excluding steroid dienone is 2.